The van der Waals surface area contributed by atoms with Gasteiger partial charge in [-0.2, -0.15) is 13.2 Å². The lowest BCUT2D eigenvalue weighted by molar-refractivity contribution is -0.128. The summed E-state index contributed by atoms with van der Waals surface area (Å²) in [6, 6.07) is 4.56. The number of urea groups is 1. The predicted molar refractivity (Wildman–Crippen MR) is 79.0 cm³/mol. The van der Waals surface area contributed by atoms with Gasteiger partial charge in [-0.1, -0.05) is 19.1 Å². The van der Waals surface area contributed by atoms with Crippen LogP contribution in [-0.2, 0) is 11.2 Å². The zero-order valence-electron chi connectivity index (χ0n) is 12.6. The molecule has 0 unspecified atom stereocenters. The smallest absolute Gasteiger partial charge is 0.353 e. The van der Waals surface area contributed by atoms with Crippen LogP contribution in [-0.4, -0.2) is 42.1 Å². The first-order valence-corrected chi connectivity index (χ1v) is 7.31. The molecule has 3 amide bonds. The van der Waals surface area contributed by atoms with Crippen LogP contribution in [0.2, 0.25) is 0 Å². The molecule has 5 nitrogen and oxygen atoms in total. The summed E-state index contributed by atoms with van der Waals surface area (Å²) in [5.41, 5.74) is 0.344. The number of benzene rings is 1. The van der Waals surface area contributed by atoms with Crippen LogP contribution in [0.25, 0.3) is 0 Å². The SMILES string of the molecule is CC[C@@H]1C(=O)NCCN1C(=O)Nc1cccc(CC(F)(F)F)c1. The maximum absolute atomic E-state index is 12.4. The number of carbonyl (C=O) groups excluding carboxylic acids is 2. The minimum Gasteiger partial charge on any atom is -0.353 e. The molecule has 0 bridgehead atoms. The summed E-state index contributed by atoms with van der Waals surface area (Å²) in [6.45, 7) is 2.51. The lowest BCUT2D eigenvalue weighted by atomic mass is 10.1. The second kappa shape index (κ2) is 6.89. The minimum absolute atomic E-state index is 0.0683. The molecule has 1 aromatic carbocycles. The summed E-state index contributed by atoms with van der Waals surface area (Å²) in [6.07, 6.45) is -4.89. The molecule has 1 aliphatic rings. The molecule has 1 fully saturated rings. The number of nitrogens with zero attached hydrogens (tertiary/aromatic N) is 1. The van der Waals surface area contributed by atoms with E-state index in [0.29, 0.717) is 19.5 Å². The molecule has 23 heavy (non-hydrogen) atoms. The largest absolute Gasteiger partial charge is 0.393 e. The van der Waals surface area contributed by atoms with Gasteiger partial charge in [0.15, 0.2) is 0 Å². The highest BCUT2D eigenvalue weighted by atomic mass is 19.4. The summed E-state index contributed by atoms with van der Waals surface area (Å²) in [5, 5.41) is 5.24. The number of hydrogen-bond acceptors (Lipinski definition) is 2. The van der Waals surface area contributed by atoms with Crippen molar-refractivity contribution in [2.75, 3.05) is 18.4 Å². The first-order valence-electron chi connectivity index (χ1n) is 7.31. The highest BCUT2D eigenvalue weighted by Crippen LogP contribution is 2.23. The maximum Gasteiger partial charge on any atom is 0.393 e. The van der Waals surface area contributed by atoms with E-state index in [4.69, 9.17) is 0 Å². The molecule has 0 spiro atoms. The van der Waals surface area contributed by atoms with Gasteiger partial charge in [0, 0.05) is 18.8 Å². The number of anilines is 1. The number of amides is 3. The van der Waals surface area contributed by atoms with Gasteiger partial charge in [-0.15, -0.1) is 0 Å². The van der Waals surface area contributed by atoms with Gasteiger partial charge < -0.3 is 15.5 Å². The molecule has 1 atom stereocenters. The number of alkyl halides is 3. The number of hydrogen-bond donors (Lipinski definition) is 2. The Morgan fingerprint density at radius 1 is 1.43 bits per heavy atom. The Kier molecular flexibility index (Phi) is 5.12. The molecule has 1 aromatic rings. The van der Waals surface area contributed by atoms with Crippen LogP contribution < -0.4 is 10.6 Å². The van der Waals surface area contributed by atoms with E-state index in [1.54, 1.807) is 6.92 Å². The Morgan fingerprint density at radius 3 is 2.83 bits per heavy atom. The van der Waals surface area contributed by atoms with Gasteiger partial charge in [-0.25, -0.2) is 4.79 Å². The van der Waals surface area contributed by atoms with Crippen molar-refractivity contribution in [2.45, 2.75) is 32.0 Å². The summed E-state index contributed by atoms with van der Waals surface area (Å²) in [5.74, 6) is -0.222. The van der Waals surface area contributed by atoms with E-state index in [0.717, 1.165) is 0 Å². The average molecular weight is 329 g/mol. The van der Waals surface area contributed by atoms with Gasteiger partial charge in [0.1, 0.15) is 6.04 Å². The highest BCUT2D eigenvalue weighted by molar-refractivity contribution is 5.94. The molecule has 0 aliphatic carbocycles. The van der Waals surface area contributed by atoms with E-state index >= 15 is 0 Å². The molecule has 0 aromatic heterocycles. The van der Waals surface area contributed by atoms with Crippen LogP contribution in [0.4, 0.5) is 23.7 Å². The van der Waals surface area contributed by atoms with Crippen molar-refractivity contribution >= 4 is 17.6 Å². The molecule has 1 saturated heterocycles. The van der Waals surface area contributed by atoms with Crippen LogP contribution in [0, 0.1) is 0 Å². The minimum atomic E-state index is -4.30. The Morgan fingerprint density at radius 2 is 2.17 bits per heavy atom. The van der Waals surface area contributed by atoms with E-state index in [1.165, 1.54) is 29.2 Å². The molecule has 1 heterocycles. The van der Waals surface area contributed by atoms with Crippen molar-refractivity contribution in [2.24, 2.45) is 0 Å². The number of piperazine rings is 1. The molecular weight excluding hydrogens is 311 g/mol. The molecule has 2 N–H and O–H groups in total. The fourth-order valence-corrected chi connectivity index (χ4v) is 2.55. The highest BCUT2D eigenvalue weighted by Gasteiger charge is 2.32. The van der Waals surface area contributed by atoms with E-state index in [-0.39, 0.29) is 17.2 Å². The average Bonchev–Trinajstić information content (AvgIpc) is 2.45. The van der Waals surface area contributed by atoms with Crippen LogP contribution in [0.3, 0.4) is 0 Å². The molecule has 0 saturated carbocycles. The fourth-order valence-electron chi connectivity index (χ4n) is 2.55. The second-order valence-corrected chi connectivity index (χ2v) is 5.33. The van der Waals surface area contributed by atoms with E-state index in [2.05, 4.69) is 10.6 Å². The summed E-state index contributed by atoms with van der Waals surface area (Å²) in [4.78, 5) is 25.4. The predicted octanol–water partition coefficient (Wildman–Crippen LogP) is 2.53. The van der Waals surface area contributed by atoms with Crippen molar-refractivity contribution in [3.05, 3.63) is 29.8 Å². The molecule has 2 rings (SSSR count). The van der Waals surface area contributed by atoms with Crippen LogP contribution in [0.5, 0.6) is 0 Å². The van der Waals surface area contributed by atoms with E-state index in [1.807, 2.05) is 0 Å². The molecule has 8 heteroatoms. The van der Waals surface area contributed by atoms with Crippen LogP contribution >= 0.6 is 0 Å². The third-order valence-corrected chi connectivity index (χ3v) is 3.56. The van der Waals surface area contributed by atoms with Gasteiger partial charge in [-0.3, -0.25) is 4.79 Å². The molecule has 1 aliphatic heterocycles. The third-order valence-electron chi connectivity index (χ3n) is 3.56. The normalized spacial score (nSPS) is 18.5. The molecule has 0 radical (unpaired) electrons. The summed E-state index contributed by atoms with van der Waals surface area (Å²) < 4.78 is 37.3. The first-order chi connectivity index (χ1) is 10.8. The van der Waals surface area contributed by atoms with Crippen LogP contribution in [0.15, 0.2) is 24.3 Å². The third kappa shape index (κ3) is 4.61. The number of carbonyl (C=O) groups is 2. The van der Waals surface area contributed by atoms with E-state index in [9.17, 15) is 22.8 Å². The Balaban J connectivity index is 2.07. The summed E-state index contributed by atoms with van der Waals surface area (Å²) >= 11 is 0. The van der Waals surface area contributed by atoms with E-state index < -0.39 is 24.7 Å². The monoisotopic (exact) mass is 329 g/mol. The van der Waals surface area contributed by atoms with Gasteiger partial charge in [0.2, 0.25) is 5.91 Å². The Hall–Kier alpha value is -2.25. The Labute approximate surface area is 131 Å². The second-order valence-electron chi connectivity index (χ2n) is 5.33. The van der Waals surface area contributed by atoms with Crippen molar-refractivity contribution in [3.63, 3.8) is 0 Å². The lowest BCUT2D eigenvalue weighted by Crippen LogP contribution is -2.57. The fraction of sp³-hybridized carbons (Fsp3) is 0.467. The number of rotatable bonds is 3. The number of halogens is 3. The Bertz CT molecular complexity index is 590. The van der Waals surface area contributed by atoms with Crippen molar-refractivity contribution in [1.82, 2.24) is 10.2 Å². The lowest BCUT2D eigenvalue weighted by Gasteiger charge is -2.34. The van der Waals surface area contributed by atoms with Gasteiger partial charge in [0.25, 0.3) is 0 Å². The zero-order chi connectivity index (χ0) is 17.0. The van der Waals surface area contributed by atoms with Gasteiger partial charge in [-0.05, 0) is 24.1 Å². The standard InChI is InChI=1S/C15H18F3N3O2/c1-2-12-13(22)19-6-7-21(12)14(23)20-11-5-3-4-10(8-11)9-15(16,17)18/h3-5,8,12H,2,6-7,9H2,1H3,(H,19,22)(H,20,23)/t12-/m1/s1. The van der Waals surface area contributed by atoms with Crippen molar-refractivity contribution in [1.29, 1.82) is 0 Å². The van der Waals surface area contributed by atoms with Crippen LogP contribution in [0.1, 0.15) is 18.9 Å². The molecular formula is C15H18F3N3O2. The summed E-state index contributed by atoms with van der Waals surface area (Å²) in [7, 11) is 0. The topological polar surface area (TPSA) is 61.4 Å². The first kappa shape index (κ1) is 17.1. The van der Waals surface area contributed by atoms with Crippen molar-refractivity contribution in [3.8, 4) is 0 Å². The zero-order valence-corrected chi connectivity index (χ0v) is 12.6. The number of nitrogens with one attached hydrogen (secondary N) is 2. The van der Waals surface area contributed by atoms with Gasteiger partial charge in [0.05, 0.1) is 6.42 Å². The maximum atomic E-state index is 12.4. The quantitative estimate of drug-likeness (QED) is 0.895. The van der Waals surface area contributed by atoms with Gasteiger partial charge >= 0.3 is 12.2 Å². The molecule has 126 valence electrons. The van der Waals surface area contributed by atoms with Crippen molar-refractivity contribution < 1.29 is 22.8 Å².